The molecule has 0 aliphatic carbocycles. The highest BCUT2D eigenvalue weighted by Crippen LogP contribution is 2.22. The molecule has 8 nitrogen and oxygen atoms in total. The van der Waals surface area contributed by atoms with Gasteiger partial charge in [-0.2, -0.15) is 0 Å². The van der Waals surface area contributed by atoms with Crippen molar-refractivity contribution in [1.29, 1.82) is 0 Å². The van der Waals surface area contributed by atoms with Crippen molar-refractivity contribution in [2.75, 3.05) is 13.1 Å². The summed E-state index contributed by atoms with van der Waals surface area (Å²) in [7, 11) is 0. The molecule has 3 heterocycles. The Kier molecular flexibility index (Phi) is 8.44. The number of aromatic nitrogens is 3. The number of hydrogen-bond donors (Lipinski definition) is 2. The SMILES string of the molecule is CC(C)Cn1c(=O)[nH]c(=O)c2c(C(=O)N3CC[C@@H](N)C3)cc(C(C)C)nc21.Cl.Cl. The first-order valence-electron chi connectivity index (χ1n) is 9.41. The zero-order valence-corrected chi connectivity index (χ0v) is 18.7. The monoisotopic (exact) mass is 445 g/mol. The smallest absolute Gasteiger partial charge is 0.330 e. The third-order valence-corrected chi connectivity index (χ3v) is 4.85. The summed E-state index contributed by atoms with van der Waals surface area (Å²) < 4.78 is 1.46. The summed E-state index contributed by atoms with van der Waals surface area (Å²) in [4.78, 5) is 46.8. The lowest BCUT2D eigenvalue weighted by Gasteiger charge is -2.19. The highest BCUT2D eigenvalue weighted by molar-refractivity contribution is 6.05. The largest absolute Gasteiger partial charge is 0.337 e. The van der Waals surface area contributed by atoms with Crippen LogP contribution in [0.5, 0.6) is 0 Å². The summed E-state index contributed by atoms with van der Waals surface area (Å²) in [6, 6.07) is 1.63. The molecule has 3 N–H and O–H groups in total. The van der Waals surface area contributed by atoms with Crippen molar-refractivity contribution in [2.24, 2.45) is 11.7 Å². The quantitative estimate of drug-likeness (QED) is 0.745. The van der Waals surface area contributed by atoms with Crippen molar-refractivity contribution in [1.82, 2.24) is 19.4 Å². The van der Waals surface area contributed by atoms with Crippen LogP contribution in [0.1, 0.15) is 56.1 Å². The van der Waals surface area contributed by atoms with Gasteiger partial charge in [0.1, 0.15) is 0 Å². The summed E-state index contributed by atoms with van der Waals surface area (Å²) >= 11 is 0. The Bertz CT molecular complexity index is 1000. The molecule has 0 saturated carbocycles. The highest BCUT2D eigenvalue weighted by atomic mass is 35.5. The van der Waals surface area contributed by atoms with Gasteiger partial charge in [-0.25, -0.2) is 9.78 Å². The van der Waals surface area contributed by atoms with E-state index >= 15 is 0 Å². The molecule has 1 aliphatic rings. The Morgan fingerprint density at radius 3 is 2.45 bits per heavy atom. The van der Waals surface area contributed by atoms with Crippen LogP contribution in [0, 0.1) is 5.92 Å². The number of halogens is 2. The fraction of sp³-hybridized carbons (Fsp3) is 0.579. The van der Waals surface area contributed by atoms with Crippen LogP contribution in [0.2, 0.25) is 0 Å². The number of carbonyl (C=O) groups is 1. The Morgan fingerprint density at radius 2 is 1.93 bits per heavy atom. The second-order valence-corrected chi connectivity index (χ2v) is 8.01. The van der Waals surface area contributed by atoms with Crippen LogP contribution in [0.4, 0.5) is 0 Å². The number of amides is 1. The highest BCUT2D eigenvalue weighted by Gasteiger charge is 2.28. The number of fused-ring (bicyclic) bond motifs is 1. The first kappa shape index (κ1) is 25.1. The predicted octanol–water partition coefficient (Wildman–Crippen LogP) is 1.88. The number of aromatic amines is 1. The van der Waals surface area contributed by atoms with E-state index in [4.69, 9.17) is 5.73 Å². The maximum Gasteiger partial charge on any atom is 0.330 e. The van der Waals surface area contributed by atoms with E-state index in [9.17, 15) is 14.4 Å². The molecule has 0 aromatic carbocycles. The molecular weight excluding hydrogens is 417 g/mol. The zero-order chi connectivity index (χ0) is 19.9. The Balaban J connectivity index is 0.00000210. The minimum absolute atomic E-state index is 0. The van der Waals surface area contributed by atoms with Gasteiger partial charge in [0.05, 0.1) is 10.9 Å². The van der Waals surface area contributed by atoms with Gasteiger partial charge in [0.25, 0.3) is 11.5 Å². The van der Waals surface area contributed by atoms with Crippen LogP contribution in [-0.4, -0.2) is 44.5 Å². The number of hydrogen-bond acceptors (Lipinski definition) is 5. The van der Waals surface area contributed by atoms with Crippen LogP contribution in [0.3, 0.4) is 0 Å². The second-order valence-electron chi connectivity index (χ2n) is 8.01. The van der Waals surface area contributed by atoms with Crippen molar-refractivity contribution >= 4 is 41.8 Å². The van der Waals surface area contributed by atoms with Crippen molar-refractivity contribution < 1.29 is 4.79 Å². The molecule has 2 aromatic heterocycles. The van der Waals surface area contributed by atoms with Crippen molar-refractivity contribution in [3.8, 4) is 0 Å². The number of likely N-dealkylation sites (tertiary alicyclic amines) is 1. The van der Waals surface area contributed by atoms with E-state index in [2.05, 4.69) is 9.97 Å². The lowest BCUT2D eigenvalue weighted by molar-refractivity contribution is 0.0792. The first-order valence-corrected chi connectivity index (χ1v) is 9.41. The van der Waals surface area contributed by atoms with Crippen molar-refractivity contribution in [2.45, 2.75) is 52.6 Å². The lowest BCUT2D eigenvalue weighted by atomic mass is 10.0. The minimum atomic E-state index is -0.579. The number of carbonyl (C=O) groups excluding carboxylic acids is 1. The topological polar surface area (TPSA) is 114 Å². The van der Waals surface area contributed by atoms with Gasteiger partial charge in [0.15, 0.2) is 5.65 Å². The molecular formula is C19H29Cl2N5O3. The first-order chi connectivity index (χ1) is 12.7. The van der Waals surface area contributed by atoms with Crippen LogP contribution in [0.25, 0.3) is 11.0 Å². The van der Waals surface area contributed by atoms with Gasteiger partial charge < -0.3 is 10.6 Å². The maximum atomic E-state index is 13.2. The second kappa shape index (κ2) is 9.73. The average molecular weight is 446 g/mol. The fourth-order valence-corrected chi connectivity index (χ4v) is 3.43. The molecule has 0 unspecified atom stereocenters. The molecule has 0 bridgehead atoms. The third kappa shape index (κ3) is 4.99. The van der Waals surface area contributed by atoms with Gasteiger partial charge in [-0.15, -0.1) is 24.8 Å². The predicted molar refractivity (Wildman–Crippen MR) is 119 cm³/mol. The molecule has 0 spiro atoms. The molecule has 1 fully saturated rings. The van der Waals surface area contributed by atoms with E-state index in [0.29, 0.717) is 25.3 Å². The van der Waals surface area contributed by atoms with Gasteiger partial charge in [-0.05, 0) is 24.3 Å². The Morgan fingerprint density at radius 1 is 1.28 bits per heavy atom. The summed E-state index contributed by atoms with van der Waals surface area (Å²) in [6.45, 7) is 9.32. The van der Waals surface area contributed by atoms with Crippen LogP contribution >= 0.6 is 24.8 Å². The summed E-state index contributed by atoms with van der Waals surface area (Å²) in [5.41, 5.74) is 6.10. The Labute approximate surface area is 181 Å². The summed E-state index contributed by atoms with van der Waals surface area (Å²) in [5, 5.41) is 0.171. The van der Waals surface area contributed by atoms with Crippen molar-refractivity contribution in [3.05, 3.63) is 38.2 Å². The molecule has 10 heteroatoms. The molecule has 2 aromatic rings. The molecule has 29 heavy (non-hydrogen) atoms. The van der Waals surface area contributed by atoms with Crippen LogP contribution in [0.15, 0.2) is 15.7 Å². The van der Waals surface area contributed by atoms with Crippen LogP contribution < -0.4 is 17.0 Å². The Hall–Kier alpha value is -1.90. The molecule has 0 radical (unpaired) electrons. The number of nitrogens with zero attached hydrogens (tertiary/aromatic N) is 3. The van der Waals surface area contributed by atoms with Gasteiger partial charge in [0, 0.05) is 31.4 Å². The van der Waals surface area contributed by atoms with Crippen molar-refractivity contribution in [3.63, 3.8) is 0 Å². The van der Waals surface area contributed by atoms with E-state index in [1.54, 1.807) is 11.0 Å². The van der Waals surface area contributed by atoms with E-state index < -0.39 is 11.2 Å². The molecule has 1 aliphatic heterocycles. The molecule has 162 valence electrons. The number of rotatable bonds is 4. The molecule has 3 rings (SSSR count). The van der Waals surface area contributed by atoms with Crippen LogP contribution in [-0.2, 0) is 6.54 Å². The lowest BCUT2D eigenvalue weighted by Crippen LogP contribution is -2.36. The fourth-order valence-electron chi connectivity index (χ4n) is 3.43. The number of nitrogens with one attached hydrogen (secondary N) is 1. The van der Waals surface area contributed by atoms with E-state index in [1.807, 2.05) is 27.7 Å². The molecule has 1 amide bonds. The zero-order valence-electron chi connectivity index (χ0n) is 17.1. The standard InChI is InChI=1S/C19H27N5O3.2ClH/c1-10(2)8-24-16-15(17(25)22-19(24)27)13(7-14(21-16)11(3)4)18(26)23-6-5-12(20)9-23;;/h7,10-12H,5-6,8-9,20H2,1-4H3,(H,22,25,27);2*1H/t12-;;/m1../s1. The maximum absolute atomic E-state index is 13.2. The number of H-pyrrole nitrogens is 1. The normalized spacial score (nSPS) is 16.2. The summed E-state index contributed by atoms with van der Waals surface area (Å²) in [6.07, 6.45) is 0.736. The van der Waals surface area contributed by atoms with E-state index in [1.165, 1.54) is 4.57 Å². The number of pyridine rings is 1. The molecule has 1 saturated heterocycles. The molecule has 1 atom stereocenters. The van der Waals surface area contributed by atoms with Gasteiger partial charge in [-0.1, -0.05) is 27.7 Å². The van der Waals surface area contributed by atoms with E-state index in [0.717, 1.165) is 6.42 Å². The van der Waals surface area contributed by atoms with Gasteiger partial charge in [-0.3, -0.25) is 19.1 Å². The number of nitrogens with two attached hydrogens (primary N) is 1. The average Bonchev–Trinajstić information content (AvgIpc) is 3.02. The van der Waals surface area contributed by atoms with Gasteiger partial charge >= 0.3 is 5.69 Å². The third-order valence-electron chi connectivity index (χ3n) is 4.85. The van der Waals surface area contributed by atoms with E-state index in [-0.39, 0.29) is 65.2 Å². The van der Waals surface area contributed by atoms with Gasteiger partial charge in [0.2, 0.25) is 0 Å². The minimum Gasteiger partial charge on any atom is -0.337 e. The summed E-state index contributed by atoms with van der Waals surface area (Å²) in [5.74, 6) is -0.0155.